The van der Waals surface area contributed by atoms with Gasteiger partial charge in [-0.1, -0.05) is 0 Å². The molecule has 1 saturated carbocycles. The summed E-state index contributed by atoms with van der Waals surface area (Å²) in [6, 6.07) is -0.405. The molecule has 18 heavy (non-hydrogen) atoms. The van der Waals surface area contributed by atoms with Crippen LogP contribution in [0.3, 0.4) is 0 Å². The number of hydrogen-bond acceptors (Lipinski definition) is 3. The summed E-state index contributed by atoms with van der Waals surface area (Å²) in [4.78, 5) is 32.6. The van der Waals surface area contributed by atoms with Crippen LogP contribution in [-0.4, -0.2) is 35.6 Å². The molecule has 0 bridgehead atoms. The number of urea groups is 1. The molecule has 1 rings (SSSR count). The molecule has 0 heterocycles. The van der Waals surface area contributed by atoms with Crippen LogP contribution in [0.25, 0.3) is 0 Å². The number of rotatable bonds is 6. The van der Waals surface area contributed by atoms with E-state index in [2.05, 4.69) is 10.6 Å². The normalized spacial score (nSPS) is 22.4. The van der Waals surface area contributed by atoms with Crippen LogP contribution in [0.15, 0.2) is 0 Å². The summed E-state index contributed by atoms with van der Waals surface area (Å²) in [7, 11) is 0. The van der Waals surface area contributed by atoms with E-state index in [1.807, 2.05) is 0 Å². The molecule has 0 unspecified atom stereocenters. The number of hydrogen-bond donors (Lipinski definition) is 4. The van der Waals surface area contributed by atoms with Gasteiger partial charge in [0.05, 0.1) is 5.92 Å². The third kappa shape index (κ3) is 5.03. The van der Waals surface area contributed by atoms with Crippen LogP contribution in [-0.2, 0) is 9.59 Å². The second-order valence-corrected chi connectivity index (χ2v) is 4.52. The van der Waals surface area contributed by atoms with Gasteiger partial charge in [-0.3, -0.25) is 9.59 Å². The number of aliphatic carboxylic acids is 1. The van der Waals surface area contributed by atoms with E-state index < -0.39 is 11.9 Å². The SMILES string of the molecule is NC(=O)CCCNC(=O)N[C@H]1CC[C@@H](C(=O)O)C1. The predicted molar refractivity (Wildman–Crippen MR) is 63.7 cm³/mol. The minimum absolute atomic E-state index is 0.0813. The number of nitrogens with one attached hydrogen (secondary N) is 2. The number of carbonyl (C=O) groups is 3. The highest BCUT2D eigenvalue weighted by Crippen LogP contribution is 2.25. The molecule has 0 radical (unpaired) electrons. The summed E-state index contributed by atoms with van der Waals surface area (Å²) in [5.74, 6) is -1.55. The Hall–Kier alpha value is -1.79. The Morgan fingerprint density at radius 1 is 1.28 bits per heavy atom. The van der Waals surface area contributed by atoms with Crippen molar-refractivity contribution in [2.75, 3.05) is 6.54 Å². The van der Waals surface area contributed by atoms with E-state index >= 15 is 0 Å². The Morgan fingerprint density at radius 2 is 2.00 bits per heavy atom. The monoisotopic (exact) mass is 257 g/mol. The summed E-state index contributed by atoms with van der Waals surface area (Å²) in [5, 5.41) is 14.1. The lowest BCUT2D eigenvalue weighted by molar-refractivity contribution is -0.141. The second kappa shape index (κ2) is 6.83. The lowest BCUT2D eigenvalue weighted by Gasteiger charge is -2.13. The first-order chi connectivity index (χ1) is 8.49. The van der Waals surface area contributed by atoms with Gasteiger partial charge in [-0.25, -0.2) is 4.79 Å². The Kier molecular flexibility index (Phi) is 5.41. The molecule has 2 atom stereocenters. The van der Waals surface area contributed by atoms with Crippen LogP contribution >= 0.6 is 0 Å². The Labute approximate surface area is 105 Å². The molecule has 0 saturated heterocycles. The lowest BCUT2D eigenvalue weighted by atomic mass is 10.1. The third-order valence-electron chi connectivity index (χ3n) is 3.00. The van der Waals surface area contributed by atoms with Gasteiger partial charge in [-0.2, -0.15) is 0 Å². The van der Waals surface area contributed by atoms with Gasteiger partial charge in [0.2, 0.25) is 5.91 Å². The highest BCUT2D eigenvalue weighted by Gasteiger charge is 2.30. The predicted octanol–water partition coefficient (Wildman–Crippen LogP) is -0.196. The molecule has 0 aromatic rings. The van der Waals surface area contributed by atoms with Gasteiger partial charge < -0.3 is 21.5 Å². The van der Waals surface area contributed by atoms with Crippen molar-refractivity contribution >= 4 is 17.9 Å². The Bertz CT molecular complexity index is 332. The number of carboxylic acid groups (broad SMARTS) is 1. The van der Waals surface area contributed by atoms with E-state index in [1.165, 1.54) is 0 Å². The van der Waals surface area contributed by atoms with Gasteiger partial charge in [0.1, 0.15) is 0 Å². The van der Waals surface area contributed by atoms with E-state index in [9.17, 15) is 14.4 Å². The number of carboxylic acids is 1. The maximum absolute atomic E-state index is 11.4. The van der Waals surface area contributed by atoms with Crippen molar-refractivity contribution in [3.05, 3.63) is 0 Å². The topological polar surface area (TPSA) is 122 Å². The summed E-state index contributed by atoms with van der Waals surface area (Å²) in [6.45, 7) is 0.379. The molecule has 0 aromatic heterocycles. The fourth-order valence-corrected chi connectivity index (χ4v) is 2.04. The quantitative estimate of drug-likeness (QED) is 0.492. The van der Waals surface area contributed by atoms with E-state index in [0.29, 0.717) is 32.2 Å². The first-order valence-electron chi connectivity index (χ1n) is 6.04. The first kappa shape index (κ1) is 14.3. The van der Waals surface area contributed by atoms with Crippen LogP contribution in [0.2, 0.25) is 0 Å². The highest BCUT2D eigenvalue weighted by molar-refractivity contribution is 5.75. The molecule has 1 fully saturated rings. The minimum Gasteiger partial charge on any atom is -0.481 e. The van der Waals surface area contributed by atoms with Crippen molar-refractivity contribution in [1.82, 2.24) is 10.6 Å². The Morgan fingerprint density at radius 3 is 2.56 bits per heavy atom. The van der Waals surface area contributed by atoms with Crippen LogP contribution in [0.1, 0.15) is 32.1 Å². The van der Waals surface area contributed by atoms with Crippen molar-refractivity contribution in [2.24, 2.45) is 11.7 Å². The zero-order chi connectivity index (χ0) is 13.5. The molecule has 1 aliphatic carbocycles. The fourth-order valence-electron chi connectivity index (χ4n) is 2.04. The third-order valence-corrected chi connectivity index (χ3v) is 3.00. The summed E-state index contributed by atoms with van der Waals surface area (Å²) in [6.07, 6.45) is 2.51. The Balaban J connectivity index is 2.13. The molecule has 5 N–H and O–H groups in total. The highest BCUT2D eigenvalue weighted by atomic mass is 16.4. The van der Waals surface area contributed by atoms with Crippen LogP contribution in [0.5, 0.6) is 0 Å². The maximum Gasteiger partial charge on any atom is 0.315 e. The second-order valence-electron chi connectivity index (χ2n) is 4.52. The number of amides is 3. The minimum atomic E-state index is -0.804. The summed E-state index contributed by atoms with van der Waals surface area (Å²) < 4.78 is 0. The lowest BCUT2D eigenvalue weighted by Crippen LogP contribution is -2.41. The number of primary amides is 1. The van der Waals surface area contributed by atoms with Gasteiger partial charge >= 0.3 is 12.0 Å². The molecule has 1 aliphatic rings. The molecule has 3 amide bonds. The zero-order valence-electron chi connectivity index (χ0n) is 10.1. The van der Waals surface area contributed by atoms with Crippen molar-refractivity contribution in [3.8, 4) is 0 Å². The number of nitrogens with two attached hydrogens (primary N) is 1. The average Bonchev–Trinajstić information content (AvgIpc) is 2.72. The molecule has 0 spiro atoms. The molecule has 0 aromatic carbocycles. The molecular formula is C11H19N3O4. The van der Waals surface area contributed by atoms with Gasteiger partial charge in [0, 0.05) is 19.0 Å². The standard InChI is InChI=1S/C11H19N3O4/c12-9(15)2-1-5-13-11(18)14-8-4-3-7(6-8)10(16)17/h7-8H,1-6H2,(H2,12,15)(H,16,17)(H2,13,14,18)/t7-,8+/m1/s1. The zero-order valence-corrected chi connectivity index (χ0v) is 10.1. The van der Waals surface area contributed by atoms with E-state index in [-0.39, 0.29) is 24.4 Å². The van der Waals surface area contributed by atoms with Crippen molar-refractivity contribution in [2.45, 2.75) is 38.1 Å². The van der Waals surface area contributed by atoms with Gasteiger partial charge in [0.25, 0.3) is 0 Å². The van der Waals surface area contributed by atoms with Crippen molar-refractivity contribution in [3.63, 3.8) is 0 Å². The largest absolute Gasteiger partial charge is 0.481 e. The molecule has 7 nitrogen and oxygen atoms in total. The molecule has 0 aliphatic heterocycles. The summed E-state index contributed by atoms with van der Waals surface area (Å²) >= 11 is 0. The van der Waals surface area contributed by atoms with E-state index in [0.717, 1.165) is 0 Å². The van der Waals surface area contributed by atoms with Gasteiger partial charge in [-0.05, 0) is 25.7 Å². The smallest absolute Gasteiger partial charge is 0.315 e. The molecular weight excluding hydrogens is 238 g/mol. The fraction of sp³-hybridized carbons (Fsp3) is 0.727. The van der Waals surface area contributed by atoms with Crippen molar-refractivity contribution in [1.29, 1.82) is 0 Å². The van der Waals surface area contributed by atoms with E-state index in [1.54, 1.807) is 0 Å². The maximum atomic E-state index is 11.4. The number of carbonyl (C=O) groups excluding carboxylic acids is 2. The van der Waals surface area contributed by atoms with Crippen LogP contribution in [0, 0.1) is 5.92 Å². The molecule has 102 valence electrons. The van der Waals surface area contributed by atoms with Gasteiger partial charge in [-0.15, -0.1) is 0 Å². The van der Waals surface area contributed by atoms with Gasteiger partial charge in [0.15, 0.2) is 0 Å². The first-order valence-corrected chi connectivity index (χ1v) is 6.04. The molecule has 7 heteroatoms. The van der Waals surface area contributed by atoms with Crippen LogP contribution < -0.4 is 16.4 Å². The average molecular weight is 257 g/mol. The van der Waals surface area contributed by atoms with Crippen molar-refractivity contribution < 1.29 is 19.5 Å². The van der Waals surface area contributed by atoms with Crippen LogP contribution in [0.4, 0.5) is 4.79 Å². The summed E-state index contributed by atoms with van der Waals surface area (Å²) in [5.41, 5.74) is 4.96. The van der Waals surface area contributed by atoms with E-state index in [4.69, 9.17) is 10.8 Å².